The highest BCUT2D eigenvalue weighted by Gasteiger charge is 2.28. The Kier molecular flexibility index (Phi) is 7.91. The van der Waals surface area contributed by atoms with E-state index in [0.717, 1.165) is 11.1 Å². The first kappa shape index (κ1) is 26.7. The van der Waals surface area contributed by atoms with Crippen molar-refractivity contribution in [3.63, 3.8) is 0 Å². The summed E-state index contributed by atoms with van der Waals surface area (Å²) >= 11 is 0. The third kappa shape index (κ3) is 6.21. The molecule has 1 saturated heterocycles. The first-order valence-corrected chi connectivity index (χ1v) is 13.1. The number of hydrogen-bond donors (Lipinski definition) is 1. The number of carbonyl (C=O) groups is 2. The third-order valence-electron chi connectivity index (χ3n) is 6.12. The molecule has 0 bridgehead atoms. The maximum absolute atomic E-state index is 13.4. The molecule has 2 aromatic carbocycles. The van der Waals surface area contributed by atoms with Gasteiger partial charge in [0, 0.05) is 13.1 Å². The molecule has 1 fully saturated rings. The zero-order valence-electron chi connectivity index (χ0n) is 21.2. The Labute approximate surface area is 207 Å². The molecule has 0 unspecified atom stereocenters. The standard InChI is InChI=1S/C26H34N2O6S/c1-17-15-20(26(4,5)6)16-23(18(17)2)35(31,32)27-22-10-8-7-9-21(22)25(30)34-19(3)24(29)28-11-13-33-14-12-28/h7-10,15-16,19,27H,11-14H2,1-6H3/t19-/m0/s1. The number of aryl methyl sites for hydroxylation is 1. The molecule has 1 aliphatic heterocycles. The van der Waals surface area contributed by atoms with Gasteiger partial charge >= 0.3 is 5.97 Å². The van der Waals surface area contributed by atoms with Gasteiger partial charge in [-0.05, 0) is 61.1 Å². The van der Waals surface area contributed by atoms with E-state index in [0.29, 0.717) is 31.9 Å². The van der Waals surface area contributed by atoms with Crippen LogP contribution in [-0.2, 0) is 29.7 Å². The smallest absolute Gasteiger partial charge is 0.341 e. The van der Waals surface area contributed by atoms with Gasteiger partial charge in [-0.15, -0.1) is 0 Å². The van der Waals surface area contributed by atoms with E-state index in [1.807, 2.05) is 33.8 Å². The van der Waals surface area contributed by atoms with Gasteiger partial charge in [-0.1, -0.05) is 39.0 Å². The van der Waals surface area contributed by atoms with Gasteiger partial charge in [0.1, 0.15) is 0 Å². The number of carbonyl (C=O) groups excluding carboxylic acids is 2. The molecule has 3 rings (SSSR count). The number of benzene rings is 2. The summed E-state index contributed by atoms with van der Waals surface area (Å²) in [5.74, 6) is -1.10. The van der Waals surface area contributed by atoms with Crippen LogP contribution in [0, 0.1) is 13.8 Å². The molecule has 1 atom stereocenters. The Bertz CT molecular complexity index is 1210. The molecule has 2 aromatic rings. The van der Waals surface area contributed by atoms with Crippen LogP contribution >= 0.6 is 0 Å². The monoisotopic (exact) mass is 502 g/mol. The van der Waals surface area contributed by atoms with Gasteiger partial charge in [0.25, 0.3) is 15.9 Å². The topological polar surface area (TPSA) is 102 Å². The molecule has 0 aromatic heterocycles. The van der Waals surface area contributed by atoms with Gasteiger partial charge in [0.05, 0.1) is 29.4 Å². The largest absolute Gasteiger partial charge is 0.449 e. The molecule has 0 radical (unpaired) electrons. The van der Waals surface area contributed by atoms with E-state index in [1.54, 1.807) is 30.0 Å². The fourth-order valence-corrected chi connectivity index (χ4v) is 5.23. The van der Waals surface area contributed by atoms with Gasteiger partial charge in [-0.25, -0.2) is 13.2 Å². The SMILES string of the molecule is Cc1cc(C(C)(C)C)cc(S(=O)(=O)Nc2ccccc2C(=O)O[C@@H](C)C(=O)N2CCOCC2)c1C. The summed E-state index contributed by atoms with van der Waals surface area (Å²) in [6, 6.07) is 9.87. The van der Waals surface area contributed by atoms with Crippen LogP contribution < -0.4 is 4.72 Å². The lowest BCUT2D eigenvalue weighted by Crippen LogP contribution is -2.46. The second-order valence-corrected chi connectivity index (χ2v) is 11.5. The average Bonchev–Trinajstić information content (AvgIpc) is 2.79. The van der Waals surface area contributed by atoms with Crippen LogP contribution in [0.5, 0.6) is 0 Å². The number of esters is 1. The fraction of sp³-hybridized carbons (Fsp3) is 0.462. The number of rotatable bonds is 6. The Morgan fingerprint density at radius 3 is 2.34 bits per heavy atom. The van der Waals surface area contributed by atoms with Crippen LogP contribution in [0.15, 0.2) is 41.3 Å². The maximum atomic E-state index is 13.4. The molecule has 0 aliphatic carbocycles. The summed E-state index contributed by atoms with van der Waals surface area (Å²) < 4.78 is 40.1. The minimum absolute atomic E-state index is 0.0269. The highest BCUT2D eigenvalue weighted by Crippen LogP contribution is 2.30. The Morgan fingerprint density at radius 1 is 1.09 bits per heavy atom. The fourth-order valence-electron chi connectivity index (χ4n) is 3.80. The van der Waals surface area contributed by atoms with Crippen LogP contribution in [0.25, 0.3) is 0 Å². The molecular formula is C26H34N2O6S. The van der Waals surface area contributed by atoms with Crippen molar-refractivity contribution >= 4 is 27.6 Å². The molecule has 1 aliphatic rings. The minimum Gasteiger partial charge on any atom is -0.449 e. The van der Waals surface area contributed by atoms with E-state index in [-0.39, 0.29) is 27.5 Å². The quantitative estimate of drug-likeness (QED) is 0.603. The maximum Gasteiger partial charge on any atom is 0.341 e. The van der Waals surface area contributed by atoms with Crippen LogP contribution in [0.2, 0.25) is 0 Å². The van der Waals surface area contributed by atoms with E-state index < -0.39 is 22.1 Å². The van der Waals surface area contributed by atoms with Crippen molar-refractivity contribution < 1.29 is 27.5 Å². The second-order valence-electron chi connectivity index (χ2n) is 9.80. The average molecular weight is 503 g/mol. The summed E-state index contributed by atoms with van der Waals surface area (Å²) in [5.41, 5.74) is 2.26. The lowest BCUT2D eigenvalue weighted by molar-refractivity contribution is -0.143. The molecule has 0 saturated carbocycles. The molecule has 35 heavy (non-hydrogen) atoms. The zero-order valence-corrected chi connectivity index (χ0v) is 22.0. The number of amides is 1. The predicted octanol–water partition coefficient (Wildman–Crippen LogP) is 3.81. The summed E-state index contributed by atoms with van der Waals surface area (Å²) in [7, 11) is -4.01. The molecule has 1 amide bonds. The van der Waals surface area contributed by atoms with E-state index in [2.05, 4.69) is 4.72 Å². The Balaban J connectivity index is 1.86. The minimum atomic E-state index is -4.01. The number of nitrogens with zero attached hydrogens (tertiary/aromatic N) is 1. The van der Waals surface area contributed by atoms with Crippen LogP contribution in [0.4, 0.5) is 5.69 Å². The summed E-state index contributed by atoms with van der Waals surface area (Å²) in [6.07, 6.45) is -1.02. The van der Waals surface area contributed by atoms with Gasteiger partial charge in [0.15, 0.2) is 6.10 Å². The highest BCUT2D eigenvalue weighted by molar-refractivity contribution is 7.92. The van der Waals surface area contributed by atoms with Gasteiger partial charge in [0.2, 0.25) is 0 Å². The van der Waals surface area contributed by atoms with Crippen molar-refractivity contribution in [2.75, 3.05) is 31.0 Å². The van der Waals surface area contributed by atoms with E-state index in [9.17, 15) is 18.0 Å². The van der Waals surface area contributed by atoms with Crippen molar-refractivity contribution in [3.8, 4) is 0 Å². The number of para-hydroxylation sites is 1. The number of hydrogen-bond acceptors (Lipinski definition) is 6. The van der Waals surface area contributed by atoms with E-state index in [4.69, 9.17) is 9.47 Å². The lowest BCUT2D eigenvalue weighted by Gasteiger charge is -2.29. The zero-order chi connectivity index (χ0) is 26.0. The molecule has 1 N–H and O–H groups in total. The van der Waals surface area contributed by atoms with Gasteiger partial charge < -0.3 is 14.4 Å². The summed E-state index contributed by atoms with van der Waals surface area (Å²) in [4.78, 5) is 27.3. The summed E-state index contributed by atoms with van der Waals surface area (Å²) in [5, 5.41) is 0. The number of ether oxygens (including phenoxy) is 2. The van der Waals surface area contributed by atoms with Crippen LogP contribution in [0.1, 0.15) is 54.7 Å². The Morgan fingerprint density at radius 2 is 1.71 bits per heavy atom. The summed E-state index contributed by atoms with van der Waals surface area (Å²) in [6.45, 7) is 12.9. The molecule has 190 valence electrons. The van der Waals surface area contributed by atoms with Crippen LogP contribution in [0.3, 0.4) is 0 Å². The number of sulfonamides is 1. The first-order valence-electron chi connectivity index (χ1n) is 11.6. The van der Waals surface area contributed by atoms with Crippen molar-refractivity contribution in [1.82, 2.24) is 4.90 Å². The van der Waals surface area contributed by atoms with Crippen molar-refractivity contribution in [3.05, 3.63) is 58.7 Å². The number of nitrogens with one attached hydrogen (secondary N) is 1. The lowest BCUT2D eigenvalue weighted by atomic mass is 9.85. The number of anilines is 1. The normalized spacial score (nSPS) is 15.4. The molecule has 8 nitrogen and oxygen atoms in total. The predicted molar refractivity (Wildman–Crippen MR) is 134 cm³/mol. The van der Waals surface area contributed by atoms with Crippen molar-refractivity contribution in [2.24, 2.45) is 0 Å². The van der Waals surface area contributed by atoms with Crippen molar-refractivity contribution in [1.29, 1.82) is 0 Å². The molecule has 1 heterocycles. The first-order chi connectivity index (χ1) is 16.3. The van der Waals surface area contributed by atoms with Gasteiger partial charge in [-0.3, -0.25) is 9.52 Å². The molecular weight excluding hydrogens is 468 g/mol. The highest BCUT2D eigenvalue weighted by atomic mass is 32.2. The Hall–Kier alpha value is -2.91. The third-order valence-corrected chi connectivity index (χ3v) is 7.61. The van der Waals surface area contributed by atoms with Gasteiger partial charge in [-0.2, -0.15) is 0 Å². The molecule has 0 spiro atoms. The van der Waals surface area contributed by atoms with E-state index in [1.165, 1.54) is 19.1 Å². The number of morpholine rings is 1. The van der Waals surface area contributed by atoms with E-state index >= 15 is 0 Å². The van der Waals surface area contributed by atoms with Crippen LogP contribution in [-0.4, -0.2) is 57.6 Å². The second kappa shape index (κ2) is 10.4. The van der Waals surface area contributed by atoms with Crippen molar-refractivity contribution in [2.45, 2.75) is 58.0 Å². The molecule has 9 heteroatoms.